The highest BCUT2D eigenvalue weighted by atomic mass is 16.6. The number of likely N-dealkylation sites (N-methyl/N-ethyl adjacent to an activating group) is 1. The quantitative estimate of drug-likeness (QED) is 0.601. The van der Waals surface area contributed by atoms with Crippen molar-refractivity contribution in [1.82, 2.24) is 5.32 Å². The number of nitrogens with one attached hydrogen (secondary N) is 1. The van der Waals surface area contributed by atoms with Crippen LogP contribution >= 0.6 is 0 Å². The van der Waals surface area contributed by atoms with E-state index in [9.17, 15) is 0 Å². The fourth-order valence-corrected chi connectivity index (χ4v) is 1.11. The van der Waals surface area contributed by atoms with E-state index in [-0.39, 0.29) is 0 Å². The van der Waals surface area contributed by atoms with E-state index in [2.05, 4.69) is 19.2 Å². The van der Waals surface area contributed by atoms with Crippen molar-refractivity contribution < 1.29 is 4.74 Å². The Morgan fingerprint density at radius 2 is 2.20 bits per heavy atom. The van der Waals surface area contributed by atoms with Gasteiger partial charge in [0.2, 0.25) is 0 Å². The lowest BCUT2D eigenvalue weighted by Crippen LogP contribution is -2.13. The molecular weight excluding hydrogens is 126 g/mol. The summed E-state index contributed by atoms with van der Waals surface area (Å²) in [6, 6.07) is 0. The van der Waals surface area contributed by atoms with Crippen LogP contribution in [0.3, 0.4) is 0 Å². The Balaban J connectivity index is 1.96. The molecule has 1 N–H and O–H groups in total. The van der Waals surface area contributed by atoms with Gasteiger partial charge in [-0.05, 0) is 25.8 Å². The predicted octanol–water partition coefficient (Wildman–Crippen LogP) is 1.37. The van der Waals surface area contributed by atoms with Crippen LogP contribution in [0.1, 0.15) is 26.7 Å². The molecule has 1 fully saturated rings. The molecule has 1 aliphatic heterocycles. The minimum atomic E-state index is 0.360. The Morgan fingerprint density at radius 3 is 2.60 bits per heavy atom. The summed E-state index contributed by atoms with van der Waals surface area (Å²) in [6.45, 7) is 4.49. The largest absolute Gasteiger partial charge is 0.353 e. The first kappa shape index (κ1) is 8.02. The molecule has 0 radical (unpaired) electrons. The minimum Gasteiger partial charge on any atom is -0.353 e. The Hall–Kier alpha value is -0.0800. The number of rotatable bonds is 4. The van der Waals surface area contributed by atoms with Gasteiger partial charge >= 0.3 is 0 Å². The van der Waals surface area contributed by atoms with Gasteiger partial charge in [-0.2, -0.15) is 0 Å². The van der Waals surface area contributed by atoms with Crippen molar-refractivity contribution in [3.63, 3.8) is 0 Å². The number of hydrogen-bond acceptors (Lipinski definition) is 2. The molecule has 0 aliphatic carbocycles. The van der Waals surface area contributed by atoms with Gasteiger partial charge < -0.3 is 4.74 Å². The molecule has 0 aromatic carbocycles. The zero-order valence-electron chi connectivity index (χ0n) is 7.05. The highest BCUT2D eigenvalue weighted by molar-refractivity contribution is 4.80. The van der Waals surface area contributed by atoms with Crippen LogP contribution < -0.4 is 5.32 Å². The summed E-state index contributed by atoms with van der Waals surface area (Å²) in [4.78, 5) is 0. The first-order valence-corrected chi connectivity index (χ1v) is 4.06. The monoisotopic (exact) mass is 143 g/mol. The van der Waals surface area contributed by atoms with Gasteiger partial charge in [-0.3, -0.25) is 5.32 Å². The molecule has 60 valence electrons. The lowest BCUT2D eigenvalue weighted by molar-refractivity contribution is 0.340. The molecule has 2 nitrogen and oxygen atoms in total. The van der Waals surface area contributed by atoms with Crippen molar-refractivity contribution in [2.45, 2.75) is 39.0 Å². The van der Waals surface area contributed by atoms with Gasteiger partial charge in [-0.1, -0.05) is 13.8 Å². The summed E-state index contributed by atoms with van der Waals surface area (Å²) in [7, 11) is 1.94. The Labute approximate surface area is 63.0 Å². The van der Waals surface area contributed by atoms with E-state index in [0.717, 1.165) is 5.92 Å². The Bertz CT molecular complexity index is 103. The van der Waals surface area contributed by atoms with Gasteiger partial charge in [-0.15, -0.1) is 0 Å². The Kier molecular flexibility index (Phi) is 2.69. The van der Waals surface area contributed by atoms with Crippen LogP contribution in [-0.2, 0) is 4.74 Å². The molecule has 0 aromatic rings. The van der Waals surface area contributed by atoms with Crippen LogP contribution in [0.4, 0.5) is 0 Å². The van der Waals surface area contributed by atoms with Crippen LogP contribution in [-0.4, -0.2) is 19.4 Å². The van der Waals surface area contributed by atoms with Gasteiger partial charge in [-0.25, -0.2) is 0 Å². The van der Waals surface area contributed by atoms with E-state index < -0.39 is 0 Å². The number of ether oxygens (including phenoxy) is 1. The van der Waals surface area contributed by atoms with Crippen LogP contribution in [0.25, 0.3) is 0 Å². The molecule has 0 bridgehead atoms. The smallest absolute Gasteiger partial charge is 0.135 e. The van der Waals surface area contributed by atoms with Crippen LogP contribution in [0.2, 0.25) is 0 Å². The molecule has 0 spiro atoms. The zero-order chi connectivity index (χ0) is 7.56. The van der Waals surface area contributed by atoms with Gasteiger partial charge in [0, 0.05) is 0 Å². The second-order valence-electron chi connectivity index (χ2n) is 3.36. The molecule has 2 heteroatoms. The average Bonchev–Trinajstić information content (AvgIpc) is 2.61. The molecule has 1 rings (SSSR count). The first-order valence-electron chi connectivity index (χ1n) is 4.06. The molecule has 0 saturated carbocycles. The van der Waals surface area contributed by atoms with Crippen molar-refractivity contribution in [2.75, 3.05) is 7.05 Å². The van der Waals surface area contributed by atoms with E-state index in [4.69, 9.17) is 4.74 Å². The van der Waals surface area contributed by atoms with Crippen LogP contribution in [0.5, 0.6) is 0 Å². The summed E-state index contributed by atoms with van der Waals surface area (Å²) < 4.78 is 5.31. The molecule has 1 aliphatic rings. The lowest BCUT2D eigenvalue weighted by Gasteiger charge is -1.99. The van der Waals surface area contributed by atoms with E-state index in [1.807, 2.05) is 7.05 Å². The van der Waals surface area contributed by atoms with Crippen molar-refractivity contribution in [3.8, 4) is 0 Å². The molecule has 2 unspecified atom stereocenters. The highest BCUT2D eigenvalue weighted by Crippen LogP contribution is 2.25. The third-order valence-corrected chi connectivity index (χ3v) is 1.90. The molecule has 10 heavy (non-hydrogen) atoms. The molecule has 2 atom stereocenters. The SMILES string of the molecule is CNC1OC1CCC(C)C. The van der Waals surface area contributed by atoms with Gasteiger partial charge in [0.15, 0.2) is 0 Å². The van der Waals surface area contributed by atoms with E-state index >= 15 is 0 Å². The third kappa shape index (κ3) is 2.27. The molecular formula is C8H17NO. The molecule has 0 amide bonds. The summed E-state index contributed by atoms with van der Waals surface area (Å²) in [5.74, 6) is 0.807. The summed E-state index contributed by atoms with van der Waals surface area (Å²) in [6.07, 6.45) is 3.36. The summed E-state index contributed by atoms with van der Waals surface area (Å²) in [5, 5.41) is 3.09. The van der Waals surface area contributed by atoms with Crippen molar-refractivity contribution in [1.29, 1.82) is 0 Å². The number of hydrogen-bond donors (Lipinski definition) is 1. The zero-order valence-corrected chi connectivity index (χ0v) is 7.05. The second kappa shape index (κ2) is 3.35. The van der Waals surface area contributed by atoms with Gasteiger partial charge in [0.1, 0.15) is 6.23 Å². The lowest BCUT2D eigenvalue weighted by atomic mass is 10.1. The van der Waals surface area contributed by atoms with Crippen molar-refractivity contribution >= 4 is 0 Å². The van der Waals surface area contributed by atoms with Crippen molar-refractivity contribution in [3.05, 3.63) is 0 Å². The Morgan fingerprint density at radius 1 is 1.50 bits per heavy atom. The minimum absolute atomic E-state index is 0.360. The fourth-order valence-electron chi connectivity index (χ4n) is 1.11. The molecule has 1 saturated heterocycles. The normalized spacial score (nSPS) is 31.2. The summed E-state index contributed by atoms with van der Waals surface area (Å²) in [5.41, 5.74) is 0. The molecule has 0 aromatic heterocycles. The van der Waals surface area contributed by atoms with Gasteiger partial charge in [0.25, 0.3) is 0 Å². The van der Waals surface area contributed by atoms with Crippen molar-refractivity contribution in [2.24, 2.45) is 5.92 Å². The first-order chi connectivity index (χ1) is 4.74. The third-order valence-electron chi connectivity index (χ3n) is 1.90. The summed E-state index contributed by atoms with van der Waals surface area (Å²) >= 11 is 0. The maximum atomic E-state index is 5.31. The maximum Gasteiger partial charge on any atom is 0.135 e. The van der Waals surface area contributed by atoms with E-state index in [1.165, 1.54) is 12.8 Å². The highest BCUT2D eigenvalue weighted by Gasteiger charge is 2.36. The average molecular weight is 143 g/mol. The number of epoxide rings is 1. The maximum absolute atomic E-state index is 5.31. The van der Waals surface area contributed by atoms with Crippen LogP contribution in [0, 0.1) is 5.92 Å². The van der Waals surface area contributed by atoms with Gasteiger partial charge in [0.05, 0.1) is 6.10 Å². The topological polar surface area (TPSA) is 24.6 Å². The second-order valence-corrected chi connectivity index (χ2v) is 3.36. The van der Waals surface area contributed by atoms with Crippen LogP contribution in [0.15, 0.2) is 0 Å². The predicted molar refractivity (Wildman–Crippen MR) is 41.8 cm³/mol. The molecule has 1 heterocycles. The standard InChI is InChI=1S/C8H17NO/c1-6(2)4-5-7-8(9-3)10-7/h6-9H,4-5H2,1-3H3. The fraction of sp³-hybridized carbons (Fsp3) is 1.00. The van der Waals surface area contributed by atoms with E-state index in [1.54, 1.807) is 0 Å². The van der Waals surface area contributed by atoms with E-state index in [0.29, 0.717) is 12.3 Å².